The van der Waals surface area contributed by atoms with Gasteiger partial charge in [-0.15, -0.1) is 0 Å². The van der Waals surface area contributed by atoms with Crippen LogP contribution >= 0.6 is 0 Å². The largest absolute Gasteiger partial charge is 0.423 e. The normalized spacial score (nSPS) is 11.8. The van der Waals surface area contributed by atoms with Gasteiger partial charge in [-0.2, -0.15) is 0 Å². The molecule has 8 nitrogen and oxygen atoms in total. The second kappa shape index (κ2) is 11.2. The van der Waals surface area contributed by atoms with E-state index in [0.717, 1.165) is 71.0 Å². The molecule has 0 saturated carbocycles. The van der Waals surface area contributed by atoms with Gasteiger partial charge in [-0.25, -0.2) is 9.59 Å². The van der Waals surface area contributed by atoms with Crippen molar-refractivity contribution < 1.29 is 19.1 Å². The van der Waals surface area contributed by atoms with E-state index in [4.69, 9.17) is 9.47 Å². The van der Waals surface area contributed by atoms with Crippen LogP contribution in [0.15, 0.2) is 60.9 Å². The topological polar surface area (TPSA) is 90.7 Å². The number of hydrogen-bond donors (Lipinski definition) is 2. The van der Waals surface area contributed by atoms with Gasteiger partial charge in [0.15, 0.2) is 0 Å². The van der Waals surface area contributed by atoms with Gasteiger partial charge in [0.05, 0.1) is 0 Å². The fraction of sp³-hybridized carbons (Fsp3) is 0.286. The van der Waals surface area contributed by atoms with Crippen molar-refractivity contribution in [3.8, 4) is 11.5 Å². The van der Waals surface area contributed by atoms with Gasteiger partial charge in [0, 0.05) is 59.4 Å². The predicted molar refractivity (Wildman–Crippen MR) is 142 cm³/mol. The number of rotatable bonds is 10. The van der Waals surface area contributed by atoms with Crippen LogP contribution in [0.4, 0.5) is 0 Å². The summed E-state index contributed by atoms with van der Waals surface area (Å²) in [5.74, 6) is -0.391. The average molecular weight is 489 g/mol. The van der Waals surface area contributed by atoms with Crippen LogP contribution in [-0.4, -0.2) is 73.0 Å². The Bertz CT molecular complexity index is 1290. The molecule has 0 saturated heterocycles. The molecule has 0 aliphatic heterocycles. The lowest BCUT2D eigenvalue weighted by Crippen LogP contribution is -2.15. The highest BCUT2D eigenvalue weighted by Gasteiger charge is 2.14. The van der Waals surface area contributed by atoms with Crippen LogP contribution in [0.25, 0.3) is 21.8 Å². The zero-order valence-corrected chi connectivity index (χ0v) is 21.1. The van der Waals surface area contributed by atoms with Crippen LogP contribution in [-0.2, 0) is 22.4 Å². The summed E-state index contributed by atoms with van der Waals surface area (Å²) >= 11 is 0. The molecule has 2 heterocycles. The van der Waals surface area contributed by atoms with Crippen molar-refractivity contribution in [2.45, 2.75) is 12.8 Å². The fourth-order valence-corrected chi connectivity index (χ4v) is 4.11. The van der Waals surface area contributed by atoms with Crippen LogP contribution in [0.1, 0.15) is 11.1 Å². The lowest BCUT2D eigenvalue weighted by Gasteiger charge is -2.10. The van der Waals surface area contributed by atoms with E-state index in [1.165, 1.54) is 0 Å². The first kappa shape index (κ1) is 25.2. The first-order chi connectivity index (χ1) is 17.3. The maximum Gasteiger partial charge on any atom is 0.336 e. The van der Waals surface area contributed by atoms with Gasteiger partial charge in [-0.1, -0.05) is 12.1 Å². The minimum atomic E-state index is -0.647. The molecule has 0 aliphatic rings. The van der Waals surface area contributed by atoms with E-state index in [2.05, 4.69) is 19.8 Å². The minimum Gasteiger partial charge on any atom is -0.423 e. The monoisotopic (exact) mass is 488 g/mol. The van der Waals surface area contributed by atoms with Crippen LogP contribution in [0.3, 0.4) is 0 Å². The van der Waals surface area contributed by atoms with Crippen LogP contribution in [0.2, 0.25) is 0 Å². The maximum absolute atomic E-state index is 12.5. The predicted octanol–water partition coefficient (Wildman–Crippen LogP) is 3.92. The third-order valence-corrected chi connectivity index (χ3v) is 5.93. The highest BCUT2D eigenvalue weighted by Crippen LogP contribution is 2.30. The van der Waals surface area contributed by atoms with Gasteiger partial charge >= 0.3 is 11.9 Å². The Kier molecular flexibility index (Phi) is 7.87. The number of aromatic amines is 2. The molecule has 4 aromatic rings. The van der Waals surface area contributed by atoms with Gasteiger partial charge < -0.3 is 29.2 Å². The Labute approximate surface area is 210 Å². The molecule has 0 amide bonds. The summed E-state index contributed by atoms with van der Waals surface area (Å²) in [6, 6.07) is 11.0. The SMILES string of the molecule is CN(C)CCc1c[nH]c2cccc(OC(=O)/C=C\C(=O)Oc3cccc4[nH]cc(CCN(C)C)c34)c12. The lowest BCUT2D eigenvalue weighted by atomic mass is 10.1. The summed E-state index contributed by atoms with van der Waals surface area (Å²) in [5.41, 5.74) is 3.91. The summed E-state index contributed by atoms with van der Waals surface area (Å²) in [5, 5.41) is 1.74. The summed E-state index contributed by atoms with van der Waals surface area (Å²) in [4.78, 5) is 35.7. The summed E-state index contributed by atoms with van der Waals surface area (Å²) < 4.78 is 11.2. The number of H-pyrrole nitrogens is 2. The van der Waals surface area contributed by atoms with Gasteiger partial charge in [-0.05, 0) is 76.4 Å². The molecule has 0 atom stereocenters. The second-order valence-corrected chi connectivity index (χ2v) is 9.27. The Morgan fingerprint density at radius 1 is 0.722 bits per heavy atom. The van der Waals surface area contributed by atoms with Crippen molar-refractivity contribution in [1.29, 1.82) is 0 Å². The van der Waals surface area contributed by atoms with Gasteiger partial charge in [-0.3, -0.25) is 0 Å². The molecule has 2 aromatic carbocycles. The molecule has 0 aliphatic carbocycles. The number of carbonyl (C=O) groups is 2. The molecule has 2 aromatic heterocycles. The van der Waals surface area contributed by atoms with Crippen LogP contribution in [0, 0.1) is 0 Å². The van der Waals surface area contributed by atoms with E-state index in [1.807, 2.05) is 64.8 Å². The number of likely N-dealkylation sites (N-methyl/N-ethyl adjacent to an activating group) is 2. The lowest BCUT2D eigenvalue weighted by molar-refractivity contribution is -0.131. The highest BCUT2D eigenvalue weighted by atomic mass is 16.5. The molecule has 36 heavy (non-hydrogen) atoms. The van der Waals surface area contributed by atoms with Gasteiger partial charge in [0.25, 0.3) is 0 Å². The Morgan fingerprint density at radius 2 is 1.14 bits per heavy atom. The number of hydrogen-bond acceptors (Lipinski definition) is 6. The Balaban J connectivity index is 1.45. The van der Waals surface area contributed by atoms with E-state index in [0.29, 0.717) is 11.5 Å². The molecular formula is C28H32N4O4. The molecule has 8 heteroatoms. The number of aromatic nitrogens is 2. The Hall–Kier alpha value is -3.88. The zero-order valence-electron chi connectivity index (χ0n) is 21.1. The van der Waals surface area contributed by atoms with Crippen molar-refractivity contribution in [1.82, 2.24) is 19.8 Å². The minimum absolute atomic E-state index is 0.452. The van der Waals surface area contributed by atoms with Crippen LogP contribution in [0.5, 0.6) is 11.5 Å². The summed E-state index contributed by atoms with van der Waals surface area (Å²) in [6.45, 7) is 1.73. The van der Waals surface area contributed by atoms with Crippen molar-refractivity contribution in [3.05, 3.63) is 72.1 Å². The smallest absolute Gasteiger partial charge is 0.336 e. The quantitative estimate of drug-likeness (QED) is 0.200. The standard InChI is InChI=1S/C28H32N4O4/c1-31(2)15-13-19-17-29-21-7-5-9-23(27(19)21)35-25(33)11-12-26(34)36-24-10-6-8-22-28(24)20(18-30-22)14-16-32(3)4/h5-12,17-18,29-30H,13-16H2,1-4H3/b12-11-. The molecule has 0 spiro atoms. The van der Waals surface area contributed by atoms with Gasteiger partial charge in [0.2, 0.25) is 0 Å². The number of benzene rings is 2. The number of nitrogens with one attached hydrogen (secondary N) is 2. The summed E-state index contributed by atoms with van der Waals surface area (Å²) in [6.07, 6.45) is 7.69. The van der Waals surface area contributed by atoms with E-state index in [9.17, 15) is 9.59 Å². The molecule has 2 N–H and O–H groups in total. The average Bonchev–Trinajstić information content (AvgIpc) is 3.45. The second-order valence-electron chi connectivity index (χ2n) is 9.27. The van der Waals surface area contributed by atoms with E-state index < -0.39 is 11.9 Å². The molecular weight excluding hydrogens is 456 g/mol. The number of fused-ring (bicyclic) bond motifs is 2. The van der Waals surface area contributed by atoms with Crippen molar-refractivity contribution in [3.63, 3.8) is 0 Å². The van der Waals surface area contributed by atoms with Crippen molar-refractivity contribution >= 4 is 33.7 Å². The molecule has 188 valence electrons. The molecule has 0 radical (unpaired) electrons. The van der Waals surface area contributed by atoms with Crippen LogP contribution < -0.4 is 9.47 Å². The third-order valence-electron chi connectivity index (χ3n) is 5.93. The fourth-order valence-electron chi connectivity index (χ4n) is 4.11. The number of carbonyl (C=O) groups excluding carboxylic acids is 2. The third kappa shape index (κ3) is 6.02. The van der Waals surface area contributed by atoms with E-state index in [1.54, 1.807) is 12.1 Å². The maximum atomic E-state index is 12.5. The first-order valence-electron chi connectivity index (χ1n) is 11.9. The van der Waals surface area contributed by atoms with E-state index in [-0.39, 0.29) is 0 Å². The molecule has 0 fully saturated rings. The van der Waals surface area contributed by atoms with Crippen molar-refractivity contribution in [2.24, 2.45) is 0 Å². The van der Waals surface area contributed by atoms with Gasteiger partial charge in [0.1, 0.15) is 11.5 Å². The Morgan fingerprint density at radius 3 is 1.53 bits per heavy atom. The number of nitrogens with zero attached hydrogens (tertiary/aromatic N) is 2. The number of esters is 2. The van der Waals surface area contributed by atoms with E-state index >= 15 is 0 Å². The zero-order chi connectivity index (χ0) is 25.7. The molecule has 0 unspecified atom stereocenters. The summed E-state index contributed by atoms with van der Waals surface area (Å²) in [7, 11) is 8.06. The number of ether oxygens (including phenoxy) is 2. The first-order valence-corrected chi connectivity index (χ1v) is 11.9. The highest BCUT2D eigenvalue weighted by molar-refractivity contribution is 5.98. The molecule has 4 rings (SSSR count). The molecule has 0 bridgehead atoms. The van der Waals surface area contributed by atoms with Crippen molar-refractivity contribution in [2.75, 3.05) is 41.3 Å².